The van der Waals surface area contributed by atoms with Crippen molar-refractivity contribution in [3.05, 3.63) is 0 Å². The quantitative estimate of drug-likeness (QED) is 0.637. The van der Waals surface area contributed by atoms with Crippen molar-refractivity contribution in [2.45, 2.75) is 45.3 Å². The van der Waals surface area contributed by atoms with Gasteiger partial charge >= 0.3 is 0 Å². The number of ether oxygens (including phenoxy) is 1. The number of amides is 1. The first-order valence-corrected chi connectivity index (χ1v) is 5.12. The Kier molecular flexibility index (Phi) is 7.42. The molecule has 0 saturated heterocycles. The molecule has 0 aliphatic heterocycles. The third-order valence-electron chi connectivity index (χ3n) is 2.19. The molecule has 4 nitrogen and oxygen atoms in total. The van der Waals surface area contributed by atoms with E-state index in [1.165, 1.54) is 0 Å². The summed E-state index contributed by atoms with van der Waals surface area (Å²) in [4.78, 5) is 11.3. The van der Waals surface area contributed by atoms with E-state index in [0.29, 0.717) is 13.0 Å². The third kappa shape index (κ3) is 6.86. The lowest BCUT2D eigenvalue weighted by atomic mass is 10.2. The fourth-order valence-corrected chi connectivity index (χ4v) is 1.12. The summed E-state index contributed by atoms with van der Waals surface area (Å²) in [6.45, 7) is 4.52. The van der Waals surface area contributed by atoms with Crippen LogP contribution < -0.4 is 11.1 Å². The van der Waals surface area contributed by atoms with Crippen LogP contribution in [0.3, 0.4) is 0 Å². The van der Waals surface area contributed by atoms with Gasteiger partial charge in [-0.15, -0.1) is 0 Å². The van der Waals surface area contributed by atoms with Crippen LogP contribution in [0, 0.1) is 0 Å². The number of hydrogen-bond acceptors (Lipinski definition) is 3. The van der Waals surface area contributed by atoms with Gasteiger partial charge in [0, 0.05) is 19.6 Å². The zero-order chi connectivity index (χ0) is 11.0. The Bertz CT molecular complexity index is 162. The Balaban J connectivity index is 3.54. The number of carbonyl (C=O) groups excluding carboxylic acids is 1. The predicted octanol–water partition coefficient (Wildman–Crippen LogP) is 0.655. The topological polar surface area (TPSA) is 64.3 Å². The molecule has 0 fully saturated rings. The smallest absolute Gasteiger partial charge is 0.220 e. The molecule has 0 heterocycles. The lowest BCUT2D eigenvalue weighted by molar-refractivity contribution is -0.122. The number of carbonyl (C=O) groups is 1. The second-order valence-electron chi connectivity index (χ2n) is 3.63. The van der Waals surface area contributed by atoms with Crippen molar-refractivity contribution in [1.29, 1.82) is 0 Å². The summed E-state index contributed by atoms with van der Waals surface area (Å²) in [5.41, 5.74) is 5.38. The van der Waals surface area contributed by atoms with E-state index in [1.54, 1.807) is 7.11 Å². The van der Waals surface area contributed by atoms with Crippen molar-refractivity contribution in [3.8, 4) is 0 Å². The Morgan fingerprint density at radius 3 is 2.57 bits per heavy atom. The molecule has 0 aromatic rings. The molecule has 0 aliphatic rings. The molecule has 84 valence electrons. The summed E-state index contributed by atoms with van der Waals surface area (Å²) in [7, 11) is 1.65. The third-order valence-corrected chi connectivity index (χ3v) is 2.19. The van der Waals surface area contributed by atoms with Crippen molar-refractivity contribution in [3.63, 3.8) is 0 Å². The molecule has 0 aliphatic carbocycles. The van der Waals surface area contributed by atoms with Gasteiger partial charge < -0.3 is 15.8 Å². The summed E-state index contributed by atoms with van der Waals surface area (Å²) in [5, 5.41) is 2.89. The molecule has 2 atom stereocenters. The highest BCUT2D eigenvalue weighted by Gasteiger charge is 2.08. The van der Waals surface area contributed by atoms with Gasteiger partial charge in [-0.2, -0.15) is 0 Å². The van der Waals surface area contributed by atoms with Gasteiger partial charge in [0.1, 0.15) is 0 Å². The number of nitrogens with two attached hydrogens (primary N) is 1. The van der Waals surface area contributed by atoms with Crippen LogP contribution in [0.4, 0.5) is 0 Å². The van der Waals surface area contributed by atoms with Crippen LogP contribution >= 0.6 is 0 Å². The zero-order valence-electron chi connectivity index (χ0n) is 9.38. The van der Waals surface area contributed by atoms with Crippen LogP contribution in [-0.4, -0.2) is 31.7 Å². The van der Waals surface area contributed by atoms with Gasteiger partial charge in [-0.25, -0.2) is 0 Å². The highest BCUT2D eigenvalue weighted by Crippen LogP contribution is 2.00. The molecule has 1 amide bonds. The lowest BCUT2D eigenvalue weighted by Gasteiger charge is -2.13. The Morgan fingerprint density at radius 2 is 2.07 bits per heavy atom. The van der Waals surface area contributed by atoms with E-state index in [2.05, 4.69) is 5.32 Å². The van der Waals surface area contributed by atoms with Gasteiger partial charge in [0.15, 0.2) is 0 Å². The standard InChI is InChI=1S/C10H22N2O2/c1-8(6-7-11)12-10(13)5-4-9(2)14-3/h8-9H,4-7,11H2,1-3H3,(H,12,13). The van der Waals surface area contributed by atoms with Gasteiger partial charge in [0.2, 0.25) is 5.91 Å². The van der Waals surface area contributed by atoms with Crippen molar-refractivity contribution in [2.24, 2.45) is 5.73 Å². The maximum atomic E-state index is 11.3. The highest BCUT2D eigenvalue weighted by molar-refractivity contribution is 5.76. The SMILES string of the molecule is COC(C)CCC(=O)NC(C)CCN. The van der Waals surface area contributed by atoms with E-state index in [-0.39, 0.29) is 18.1 Å². The normalized spacial score (nSPS) is 14.9. The molecule has 14 heavy (non-hydrogen) atoms. The van der Waals surface area contributed by atoms with Gasteiger partial charge in [-0.3, -0.25) is 4.79 Å². The fraction of sp³-hybridized carbons (Fsp3) is 0.900. The van der Waals surface area contributed by atoms with Crippen LogP contribution in [0.2, 0.25) is 0 Å². The largest absolute Gasteiger partial charge is 0.382 e. The monoisotopic (exact) mass is 202 g/mol. The molecular weight excluding hydrogens is 180 g/mol. The maximum absolute atomic E-state index is 11.3. The summed E-state index contributed by atoms with van der Waals surface area (Å²) in [6.07, 6.45) is 2.25. The van der Waals surface area contributed by atoms with E-state index < -0.39 is 0 Å². The number of methoxy groups -OCH3 is 1. The Labute approximate surface area is 86.2 Å². The first-order valence-electron chi connectivity index (χ1n) is 5.12. The molecular formula is C10H22N2O2. The van der Waals surface area contributed by atoms with Crippen LogP contribution in [-0.2, 0) is 9.53 Å². The van der Waals surface area contributed by atoms with Crippen LogP contribution in [0.15, 0.2) is 0 Å². The molecule has 0 spiro atoms. The number of rotatable bonds is 7. The molecule has 2 unspecified atom stereocenters. The average Bonchev–Trinajstić information content (AvgIpc) is 2.14. The highest BCUT2D eigenvalue weighted by atomic mass is 16.5. The minimum absolute atomic E-state index is 0.0786. The van der Waals surface area contributed by atoms with E-state index in [4.69, 9.17) is 10.5 Å². The number of hydrogen-bond donors (Lipinski definition) is 2. The van der Waals surface area contributed by atoms with Gasteiger partial charge in [-0.1, -0.05) is 0 Å². The minimum Gasteiger partial charge on any atom is -0.382 e. The van der Waals surface area contributed by atoms with E-state index >= 15 is 0 Å². The second-order valence-corrected chi connectivity index (χ2v) is 3.63. The van der Waals surface area contributed by atoms with E-state index in [9.17, 15) is 4.79 Å². The average molecular weight is 202 g/mol. The van der Waals surface area contributed by atoms with Crippen LogP contribution in [0.25, 0.3) is 0 Å². The van der Waals surface area contributed by atoms with Crippen molar-refractivity contribution in [2.75, 3.05) is 13.7 Å². The van der Waals surface area contributed by atoms with Gasteiger partial charge in [-0.05, 0) is 33.2 Å². The molecule has 0 saturated carbocycles. The second kappa shape index (κ2) is 7.76. The van der Waals surface area contributed by atoms with Gasteiger partial charge in [0.25, 0.3) is 0 Å². The maximum Gasteiger partial charge on any atom is 0.220 e. The lowest BCUT2D eigenvalue weighted by Crippen LogP contribution is -2.34. The predicted molar refractivity (Wildman–Crippen MR) is 57.0 cm³/mol. The van der Waals surface area contributed by atoms with Crippen molar-refractivity contribution >= 4 is 5.91 Å². The van der Waals surface area contributed by atoms with E-state index in [1.807, 2.05) is 13.8 Å². The Morgan fingerprint density at radius 1 is 1.43 bits per heavy atom. The van der Waals surface area contributed by atoms with Crippen LogP contribution in [0.1, 0.15) is 33.1 Å². The molecule has 3 N–H and O–H groups in total. The molecule has 0 aromatic carbocycles. The summed E-state index contributed by atoms with van der Waals surface area (Å²) >= 11 is 0. The van der Waals surface area contributed by atoms with Crippen molar-refractivity contribution in [1.82, 2.24) is 5.32 Å². The first kappa shape index (κ1) is 13.4. The van der Waals surface area contributed by atoms with Crippen LogP contribution in [0.5, 0.6) is 0 Å². The molecule has 0 aromatic heterocycles. The minimum atomic E-state index is 0.0786. The number of nitrogens with one attached hydrogen (secondary N) is 1. The first-order chi connectivity index (χ1) is 6.60. The van der Waals surface area contributed by atoms with E-state index in [0.717, 1.165) is 12.8 Å². The molecule has 0 bridgehead atoms. The molecule has 0 rings (SSSR count). The summed E-state index contributed by atoms with van der Waals surface area (Å²) < 4.78 is 5.05. The Hall–Kier alpha value is -0.610. The zero-order valence-corrected chi connectivity index (χ0v) is 9.38. The summed E-state index contributed by atoms with van der Waals surface area (Å²) in [6, 6.07) is 0.172. The molecule has 4 heteroatoms. The summed E-state index contributed by atoms with van der Waals surface area (Å²) in [5.74, 6) is 0.0786. The molecule has 0 radical (unpaired) electrons. The van der Waals surface area contributed by atoms with Gasteiger partial charge in [0.05, 0.1) is 6.10 Å². The fourth-order valence-electron chi connectivity index (χ4n) is 1.12. The van der Waals surface area contributed by atoms with Crippen molar-refractivity contribution < 1.29 is 9.53 Å².